The molecule has 24 heavy (non-hydrogen) atoms. The van der Waals surface area contributed by atoms with Gasteiger partial charge in [0.25, 0.3) is 5.56 Å². The van der Waals surface area contributed by atoms with E-state index >= 15 is 0 Å². The Morgan fingerprint density at radius 3 is 2.50 bits per heavy atom. The van der Waals surface area contributed by atoms with Crippen LogP contribution in [-0.2, 0) is 0 Å². The van der Waals surface area contributed by atoms with Gasteiger partial charge in [0.2, 0.25) is 4.96 Å². The average molecular weight is 332 g/mol. The number of rotatable bonds is 3. The largest absolute Gasteiger partial charge is 0.291 e. The van der Waals surface area contributed by atoms with Gasteiger partial charge in [0.05, 0.1) is 4.53 Å². The summed E-state index contributed by atoms with van der Waals surface area (Å²) >= 11 is 1.33. The Morgan fingerprint density at radius 1 is 0.958 bits per heavy atom. The van der Waals surface area contributed by atoms with Crippen LogP contribution in [0.4, 0.5) is 0 Å². The summed E-state index contributed by atoms with van der Waals surface area (Å²) in [5.74, 6) is 0.526. The molecule has 6 heteroatoms. The number of thiazole rings is 1. The van der Waals surface area contributed by atoms with Gasteiger partial charge in [0.1, 0.15) is 0 Å². The third-order valence-corrected chi connectivity index (χ3v) is 4.39. The normalized spacial score (nSPS) is 12.4. The second-order valence-electron chi connectivity index (χ2n) is 5.10. The molecule has 5 nitrogen and oxygen atoms in total. The maximum atomic E-state index is 12.4. The van der Waals surface area contributed by atoms with E-state index in [1.807, 2.05) is 54.6 Å². The fourth-order valence-corrected chi connectivity index (χ4v) is 3.18. The minimum Gasteiger partial charge on any atom is -0.266 e. The molecule has 0 unspecified atom stereocenters. The maximum absolute atomic E-state index is 12.4. The molecule has 116 valence electrons. The van der Waals surface area contributed by atoms with E-state index in [2.05, 4.69) is 15.1 Å². The lowest BCUT2D eigenvalue weighted by atomic mass is 10.2. The molecule has 0 bridgehead atoms. The molecule has 0 spiro atoms. The van der Waals surface area contributed by atoms with Gasteiger partial charge in [-0.25, -0.2) is 0 Å². The number of hydrogen-bond acceptors (Lipinski definition) is 5. The molecule has 0 radical (unpaired) electrons. The van der Waals surface area contributed by atoms with Crippen molar-refractivity contribution in [3.05, 3.63) is 86.7 Å². The van der Waals surface area contributed by atoms with E-state index in [1.54, 1.807) is 18.5 Å². The van der Waals surface area contributed by atoms with Gasteiger partial charge in [0.15, 0.2) is 5.82 Å². The quantitative estimate of drug-likeness (QED) is 0.577. The molecule has 3 heterocycles. The van der Waals surface area contributed by atoms with Crippen LogP contribution >= 0.6 is 11.3 Å². The van der Waals surface area contributed by atoms with Crippen LogP contribution < -0.4 is 10.1 Å². The Hall–Kier alpha value is -3.12. The van der Waals surface area contributed by atoms with E-state index in [9.17, 15) is 4.79 Å². The molecule has 0 N–H and O–H groups in total. The van der Waals surface area contributed by atoms with Crippen LogP contribution in [0.15, 0.2) is 59.7 Å². The van der Waals surface area contributed by atoms with Crippen LogP contribution in [0, 0.1) is 0 Å². The first-order valence-electron chi connectivity index (χ1n) is 7.34. The highest BCUT2D eigenvalue weighted by atomic mass is 32.1. The van der Waals surface area contributed by atoms with Gasteiger partial charge in [0, 0.05) is 12.4 Å². The fraction of sp³-hybridized carbons (Fsp3) is 0. The van der Waals surface area contributed by atoms with Crippen molar-refractivity contribution in [1.82, 2.24) is 19.6 Å². The van der Waals surface area contributed by atoms with Crippen LogP contribution in [0.3, 0.4) is 0 Å². The molecule has 0 atom stereocenters. The van der Waals surface area contributed by atoms with Crippen LogP contribution in [0.25, 0.3) is 23.2 Å². The van der Waals surface area contributed by atoms with Crippen LogP contribution in [0.1, 0.15) is 17.0 Å². The summed E-state index contributed by atoms with van der Waals surface area (Å²) in [7, 11) is 0. The Labute approximate surface area is 141 Å². The van der Waals surface area contributed by atoms with Gasteiger partial charge in [-0.05, 0) is 35.4 Å². The third kappa shape index (κ3) is 2.87. The zero-order valence-corrected chi connectivity index (χ0v) is 13.4. The molecule has 4 aromatic rings. The van der Waals surface area contributed by atoms with Crippen molar-refractivity contribution in [1.29, 1.82) is 0 Å². The molecule has 0 saturated heterocycles. The van der Waals surface area contributed by atoms with E-state index in [4.69, 9.17) is 0 Å². The van der Waals surface area contributed by atoms with Crippen molar-refractivity contribution >= 4 is 34.5 Å². The Morgan fingerprint density at radius 2 is 1.75 bits per heavy atom. The van der Waals surface area contributed by atoms with E-state index in [0.29, 0.717) is 15.3 Å². The molecule has 4 rings (SSSR count). The molecule has 0 fully saturated rings. The van der Waals surface area contributed by atoms with Crippen molar-refractivity contribution in [3.63, 3.8) is 0 Å². The molecule has 0 aliphatic heterocycles. The van der Waals surface area contributed by atoms with E-state index in [0.717, 1.165) is 11.1 Å². The summed E-state index contributed by atoms with van der Waals surface area (Å²) < 4.78 is 1.96. The second kappa shape index (κ2) is 6.17. The van der Waals surface area contributed by atoms with E-state index < -0.39 is 0 Å². The summed E-state index contributed by atoms with van der Waals surface area (Å²) in [6.45, 7) is 0. The molecular weight excluding hydrogens is 320 g/mol. The monoisotopic (exact) mass is 332 g/mol. The smallest absolute Gasteiger partial charge is 0.266 e. The second-order valence-corrected chi connectivity index (χ2v) is 6.11. The highest BCUT2D eigenvalue weighted by Crippen LogP contribution is 2.07. The molecule has 3 aromatic heterocycles. The predicted molar refractivity (Wildman–Crippen MR) is 95.5 cm³/mol. The zero-order chi connectivity index (χ0) is 16.4. The Bertz CT molecular complexity index is 1110. The summed E-state index contributed by atoms with van der Waals surface area (Å²) in [6, 6.07) is 13.6. The molecule has 1 aromatic carbocycles. The van der Waals surface area contributed by atoms with E-state index in [-0.39, 0.29) is 5.56 Å². The molecule has 0 aliphatic carbocycles. The molecule has 0 saturated carbocycles. The standard InChI is InChI=1S/C18H12N4OS/c23-17-15(12-14-8-10-19-11-9-14)24-18-20-16(21-22(17)18)7-6-13-4-2-1-3-5-13/h1-12H. The summed E-state index contributed by atoms with van der Waals surface area (Å²) in [5, 5.41) is 4.27. The van der Waals surface area contributed by atoms with Crippen LogP contribution in [0.5, 0.6) is 0 Å². The predicted octanol–water partition coefficient (Wildman–Crippen LogP) is 2.26. The molecule has 0 amide bonds. The van der Waals surface area contributed by atoms with Crippen molar-refractivity contribution in [3.8, 4) is 0 Å². The van der Waals surface area contributed by atoms with Crippen molar-refractivity contribution in [2.45, 2.75) is 0 Å². The van der Waals surface area contributed by atoms with Gasteiger partial charge in [-0.2, -0.15) is 9.50 Å². The first-order chi connectivity index (χ1) is 11.8. The molecule has 0 aliphatic rings. The van der Waals surface area contributed by atoms with Gasteiger partial charge in [-0.15, -0.1) is 5.10 Å². The van der Waals surface area contributed by atoms with Crippen LogP contribution in [-0.4, -0.2) is 19.6 Å². The van der Waals surface area contributed by atoms with Gasteiger partial charge >= 0.3 is 0 Å². The Balaban J connectivity index is 1.70. The lowest BCUT2D eigenvalue weighted by Gasteiger charge is -1.89. The number of pyridine rings is 1. The molecular formula is C18H12N4OS. The zero-order valence-electron chi connectivity index (χ0n) is 12.5. The lowest BCUT2D eigenvalue weighted by molar-refractivity contribution is 0.925. The van der Waals surface area contributed by atoms with Gasteiger partial charge in [-0.3, -0.25) is 9.78 Å². The SMILES string of the molecule is O=c1c(=Cc2ccncc2)sc2nc(C=Cc3ccccc3)nn12. The summed E-state index contributed by atoms with van der Waals surface area (Å²) in [5.41, 5.74) is 1.83. The maximum Gasteiger partial charge on any atom is 0.291 e. The number of benzene rings is 1. The van der Waals surface area contributed by atoms with Crippen molar-refractivity contribution in [2.75, 3.05) is 0 Å². The number of hydrogen-bond donors (Lipinski definition) is 0. The minimum atomic E-state index is -0.154. The number of nitrogens with zero attached hydrogens (tertiary/aromatic N) is 4. The average Bonchev–Trinajstić information content (AvgIpc) is 3.15. The van der Waals surface area contributed by atoms with Crippen molar-refractivity contribution in [2.24, 2.45) is 0 Å². The first kappa shape index (κ1) is 14.5. The van der Waals surface area contributed by atoms with Gasteiger partial charge in [-0.1, -0.05) is 47.7 Å². The van der Waals surface area contributed by atoms with Gasteiger partial charge < -0.3 is 0 Å². The summed E-state index contributed by atoms with van der Waals surface area (Å²) in [6.07, 6.45) is 8.94. The first-order valence-corrected chi connectivity index (χ1v) is 8.16. The fourth-order valence-electron chi connectivity index (χ4n) is 2.27. The third-order valence-electron chi connectivity index (χ3n) is 3.43. The lowest BCUT2D eigenvalue weighted by Crippen LogP contribution is -2.23. The topological polar surface area (TPSA) is 60.2 Å². The van der Waals surface area contributed by atoms with Crippen LogP contribution in [0.2, 0.25) is 0 Å². The highest BCUT2D eigenvalue weighted by Gasteiger charge is 2.08. The highest BCUT2D eigenvalue weighted by molar-refractivity contribution is 7.15. The Kier molecular flexibility index (Phi) is 3.72. The minimum absolute atomic E-state index is 0.154. The van der Waals surface area contributed by atoms with Crippen molar-refractivity contribution < 1.29 is 0 Å². The number of fused-ring (bicyclic) bond motifs is 1. The number of aromatic nitrogens is 4. The summed E-state index contributed by atoms with van der Waals surface area (Å²) in [4.78, 5) is 21.4. The van der Waals surface area contributed by atoms with E-state index in [1.165, 1.54) is 15.9 Å².